The molecule has 1 heterocycles. The second-order valence-electron chi connectivity index (χ2n) is 4.11. The molecule has 9 nitrogen and oxygen atoms in total. The Morgan fingerprint density at radius 3 is 2.76 bits per heavy atom. The first-order valence-corrected chi connectivity index (χ1v) is 5.65. The van der Waals surface area contributed by atoms with E-state index in [-0.39, 0.29) is 12.2 Å². The average Bonchev–Trinajstić information content (AvgIpc) is 2.44. The van der Waals surface area contributed by atoms with Crippen molar-refractivity contribution in [1.82, 2.24) is 9.55 Å². The Labute approximate surface area is 116 Å². The van der Waals surface area contributed by atoms with Gasteiger partial charge in [-0.25, -0.2) is 4.79 Å². The van der Waals surface area contributed by atoms with Gasteiger partial charge in [-0.2, -0.15) is 4.39 Å². The van der Waals surface area contributed by atoms with Crippen LogP contribution in [0.25, 0.3) is 0 Å². The third kappa shape index (κ3) is 2.95. The summed E-state index contributed by atoms with van der Waals surface area (Å²) >= 11 is 0. The van der Waals surface area contributed by atoms with Crippen LogP contribution < -0.4 is 22.5 Å². The van der Waals surface area contributed by atoms with Crippen LogP contribution in [0.5, 0.6) is 0 Å². The molecule has 0 fully saturated rings. The molecule has 0 spiro atoms. The Hall–Kier alpha value is -3.01. The highest BCUT2D eigenvalue weighted by atomic mass is 19.1. The minimum Gasteiger partial charge on any atom is -0.324 e. The fourth-order valence-corrected chi connectivity index (χ4v) is 1.75. The van der Waals surface area contributed by atoms with E-state index in [1.807, 2.05) is 0 Å². The SMILES string of the molecule is NNc1ccc([N+](=O)[O-])cc1Cn1cc(F)c(=O)[nH]c1=O. The van der Waals surface area contributed by atoms with E-state index < -0.39 is 22.0 Å². The molecule has 0 amide bonds. The van der Waals surface area contributed by atoms with Crippen LogP contribution >= 0.6 is 0 Å². The Balaban J connectivity index is 2.50. The van der Waals surface area contributed by atoms with Crippen molar-refractivity contribution < 1.29 is 9.31 Å². The predicted octanol–water partition coefficient (Wildman–Crippen LogP) is -0.0822. The first-order chi connectivity index (χ1) is 9.92. The molecule has 2 rings (SSSR count). The minimum atomic E-state index is -1.14. The summed E-state index contributed by atoms with van der Waals surface area (Å²) in [6.07, 6.45) is 0.723. The quantitative estimate of drug-likeness (QED) is 0.410. The maximum atomic E-state index is 13.2. The predicted molar refractivity (Wildman–Crippen MR) is 71.3 cm³/mol. The molecule has 10 heteroatoms. The summed E-state index contributed by atoms with van der Waals surface area (Å²) in [4.78, 5) is 34.4. The fourth-order valence-electron chi connectivity index (χ4n) is 1.75. The van der Waals surface area contributed by atoms with Crippen molar-refractivity contribution in [3.63, 3.8) is 0 Å². The van der Waals surface area contributed by atoms with Crippen LogP contribution in [0.2, 0.25) is 0 Å². The number of nitrogens with two attached hydrogens (primary N) is 1. The number of nitro benzene ring substituents is 1. The summed E-state index contributed by atoms with van der Waals surface area (Å²) in [5.41, 5.74) is 0.773. The summed E-state index contributed by atoms with van der Waals surface area (Å²) in [5, 5.41) is 10.7. The van der Waals surface area contributed by atoms with Crippen molar-refractivity contribution in [2.75, 3.05) is 5.43 Å². The van der Waals surface area contributed by atoms with Gasteiger partial charge >= 0.3 is 5.69 Å². The summed E-state index contributed by atoms with van der Waals surface area (Å²) in [7, 11) is 0. The lowest BCUT2D eigenvalue weighted by atomic mass is 10.1. The fraction of sp³-hybridized carbons (Fsp3) is 0.0909. The molecule has 21 heavy (non-hydrogen) atoms. The molecule has 1 aromatic heterocycles. The molecule has 0 aliphatic rings. The van der Waals surface area contributed by atoms with Gasteiger partial charge in [0.2, 0.25) is 5.82 Å². The lowest BCUT2D eigenvalue weighted by Crippen LogP contribution is -2.31. The van der Waals surface area contributed by atoms with Crippen molar-refractivity contribution in [2.45, 2.75) is 6.54 Å². The number of nitrogens with zero attached hydrogens (tertiary/aromatic N) is 2. The number of benzene rings is 1. The van der Waals surface area contributed by atoms with Crippen molar-refractivity contribution in [3.8, 4) is 0 Å². The topological polar surface area (TPSA) is 136 Å². The smallest absolute Gasteiger partial charge is 0.324 e. The minimum absolute atomic E-state index is 0.201. The maximum Gasteiger partial charge on any atom is 0.328 e. The third-order valence-electron chi connectivity index (χ3n) is 2.76. The molecule has 0 saturated carbocycles. The van der Waals surface area contributed by atoms with Crippen molar-refractivity contribution in [3.05, 3.63) is 66.7 Å². The number of aromatic nitrogens is 2. The first-order valence-electron chi connectivity index (χ1n) is 5.65. The van der Waals surface area contributed by atoms with Gasteiger partial charge < -0.3 is 5.43 Å². The number of non-ortho nitro benzene ring substituents is 1. The molecule has 0 atom stereocenters. The molecule has 4 N–H and O–H groups in total. The zero-order chi connectivity index (χ0) is 15.6. The lowest BCUT2D eigenvalue weighted by molar-refractivity contribution is -0.384. The van der Waals surface area contributed by atoms with Crippen molar-refractivity contribution in [1.29, 1.82) is 0 Å². The van der Waals surface area contributed by atoms with Crippen LogP contribution in [0, 0.1) is 15.9 Å². The van der Waals surface area contributed by atoms with Crippen LogP contribution in [-0.2, 0) is 6.54 Å². The van der Waals surface area contributed by atoms with Crippen molar-refractivity contribution >= 4 is 11.4 Å². The number of hydrogen-bond acceptors (Lipinski definition) is 6. The summed E-state index contributed by atoms with van der Waals surface area (Å²) in [5.74, 6) is 4.15. The van der Waals surface area contributed by atoms with Gasteiger partial charge in [0.05, 0.1) is 23.4 Å². The largest absolute Gasteiger partial charge is 0.328 e. The molecule has 0 aliphatic carbocycles. The monoisotopic (exact) mass is 295 g/mol. The van der Waals surface area contributed by atoms with Gasteiger partial charge in [0.25, 0.3) is 11.2 Å². The number of nitrogens with one attached hydrogen (secondary N) is 2. The number of H-pyrrole nitrogens is 1. The molecule has 110 valence electrons. The van der Waals surface area contributed by atoms with Crippen LogP contribution in [0.3, 0.4) is 0 Å². The lowest BCUT2D eigenvalue weighted by Gasteiger charge is -2.10. The molecular weight excluding hydrogens is 285 g/mol. The molecule has 2 aromatic rings. The Kier molecular flexibility index (Phi) is 3.80. The number of hydrazine groups is 1. The van der Waals surface area contributed by atoms with E-state index in [4.69, 9.17) is 5.84 Å². The van der Waals surface area contributed by atoms with Crippen LogP contribution in [-0.4, -0.2) is 14.5 Å². The number of anilines is 1. The molecule has 0 saturated heterocycles. The second-order valence-corrected chi connectivity index (χ2v) is 4.11. The number of aromatic amines is 1. The van der Waals surface area contributed by atoms with E-state index in [0.717, 1.165) is 10.8 Å². The van der Waals surface area contributed by atoms with Gasteiger partial charge in [-0.3, -0.25) is 30.3 Å². The Morgan fingerprint density at radius 2 is 2.14 bits per heavy atom. The number of nitro groups is 1. The van der Waals surface area contributed by atoms with E-state index in [2.05, 4.69) is 5.43 Å². The third-order valence-corrected chi connectivity index (χ3v) is 2.76. The summed E-state index contributed by atoms with van der Waals surface area (Å²) < 4.78 is 14.1. The standard InChI is InChI=1S/C11H10FN5O4/c12-8-5-16(11(19)14-10(8)18)4-6-3-7(17(20)21)1-2-9(6)15-13/h1-3,5,15H,4,13H2,(H,14,18,19). The van der Waals surface area contributed by atoms with Crippen LogP contribution in [0.4, 0.5) is 15.8 Å². The van der Waals surface area contributed by atoms with Crippen LogP contribution in [0.15, 0.2) is 34.0 Å². The van der Waals surface area contributed by atoms with Gasteiger partial charge in [-0.15, -0.1) is 0 Å². The van der Waals surface area contributed by atoms with Gasteiger partial charge in [0.1, 0.15) is 0 Å². The molecule has 0 unspecified atom stereocenters. The summed E-state index contributed by atoms with van der Waals surface area (Å²) in [6.45, 7) is -0.201. The average molecular weight is 295 g/mol. The van der Waals surface area contributed by atoms with Gasteiger partial charge in [-0.05, 0) is 6.07 Å². The highest BCUT2D eigenvalue weighted by Gasteiger charge is 2.12. The molecular formula is C11H10FN5O4. The number of rotatable bonds is 4. The Bertz CT molecular complexity index is 813. The first kappa shape index (κ1) is 14.4. The van der Waals surface area contributed by atoms with Crippen molar-refractivity contribution in [2.24, 2.45) is 5.84 Å². The molecule has 1 aromatic carbocycles. The number of hydrogen-bond donors (Lipinski definition) is 3. The maximum absolute atomic E-state index is 13.2. The van der Waals surface area contributed by atoms with Gasteiger partial charge in [0, 0.05) is 17.7 Å². The highest BCUT2D eigenvalue weighted by Crippen LogP contribution is 2.21. The van der Waals surface area contributed by atoms with E-state index >= 15 is 0 Å². The van der Waals surface area contributed by atoms with Crippen LogP contribution in [0.1, 0.15) is 5.56 Å². The van der Waals surface area contributed by atoms with E-state index in [0.29, 0.717) is 11.3 Å². The van der Waals surface area contributed by atoms with E-state index in [1.54, 1.807) is 4.98 Å². The molecule has 0 radical (unpaired) electrons. The molecule has 0 bridgehead atoms. The number of nitrogen functional groups attached to an aromatic ring is 1. The zero-order valence-corrected chi connectivity index (χ0v) is 10.5. The summed E-state index contributed by atoms with van der Waals surface area (Å²) in [6, 6.07) is 3.79. The Morgan fingerprint density at radius 1 is 1.43 bits per heavy atom. The zero-order valence-electron chi connectivity index (χ0n) is 10.5. The number of halogens is 1. The van der Waals surface area contributed by atoms with E-state index in [9.17, 15) is 24.1 Å². The molecule has 0 aliphatic heterocycles. The second kappa shape index (κ2) is 5.54. The highest BCUT2D eigenvalue weighted by molar-refractivity contribution is 5.55. The van der Waals surface area contributed by atoms with E-state index in [1.165, 1.54) is 18.2 Å². The van der Waals surface area contributed by atoms with Gasteiger partial charge in [-0.1, -0.05) is 0 Å². The normalized spacial score (nSPS) is 10.4. The van der Waals surface area contributed by atoms with Gasteiger partial charge in [0.15, 0.2) is 0 Å².